The highest BCUT2D eigenvalue weighted by molar-refractivity contribution is 5.79. The Kier molecular flexibility index (Phi) is 3.55. The number of aryl methyl sites for hydroxylation is 1. The topological polar surface area (TPSA) is 112 Å². The average molecular weight is 198 g/mol. The van der Waals surface area contributed by atoms with E-state index in [9.17, 15) is 4.79 Å². The molecule has 0 aliphatic carbocycles. The second-order valence-electron chi connectivity index (χ2n) is 2.97. The summed E-state index contributed by atoms with van der Waals surface area (Å²) in [6.45, 7) is 0.801. The Morgan fingerprint density at radius 1 is 1.79 bits per heavy atom. The van der Waals surface area contributed by atoms with Gasteiger partial charge >= 0.3 is 0 Å². The molecule has 7 nitrogen and oxygen atoms in total. The van der Waals surface area contributed by atoms with Crippen molar-refractivity contribution in [3.8, 4) is 0 Å². The highest BCUT2D eigenvalue weighted by atomic mass is 16.1. The minimum absolute atomic E-state index is 0.327. The van der Waals surface area contributed by atoms with E-state index in [0.29, 0.717) is 18.9 Å². The van der Waals surface area contributed by atoms with E-state index in [1.807, 2.05) is 0 Å². The number of rotatable bonds is 5. The minimum Gasteiger partial charge on any atom is -0.368 e. The van der Waals surface area contributed by atoms with E-state index in [1.54, 1.807) is 18.1 Å². The molecule has 0 saturated carbocycles. The van der Waals surface area contributed by atoms with Crippen molar-refractivity contribution in [2.75, 3.05) is 6.54 Å². The summed E-state index contributed by atoms with van der Waals surface area (Å²) in [6, 6.07) is -0.668. The zero-order chi connectivity index (χ0) is 10.6. The van der Waals surface area contributed by atoms with Gasteiger partial charge in [0.05, 0.1) is 12.6 Å². The van der Waals surface area contributed by atoms with Crippen molar-refractivity contribution < 1.29 is 4.79 Å². The largest absolute Gasteiger partial charge is 0.368 e. The van der Waals surface area contributed by atoms with Crippen LogP contribution in [0, 0.1) is 0 Å². The zero-order valence-electron chi connectivity index (χ0n) is 7.97. The third-order valence-electron chi connectivity index (χ3n) is 1.66. The second kappa shape index (κ2) is 4.68. The van der Waals surface area contributed by atoms with E-state index < -0.39 is 11.9 Å². The maximum atomic E-state index is 10.6. The molecule has 1 aromatic heterocycles. The third-order valence-corrected chi connectivity index (χ3v) is 1.66. The molecule has 0 aliphatic rings. The summed E-state index contributed by atoms with van der Waals surface area (Å²) >= 11 is 0. The lowest BCUT2D eigenvalue weighted by atomic mass is 10.3. The van der Waals surface area contributed by atoms with Gasteiger partial charge in [-0.05, 0) is 0 Å². The Labute approximate surface area is 81.5 Å². The van der Waals surface area contributed by atoms with Crippen LogP contribution in [-0.4, -0.2) is 33.3 Å². The van der Waals surface area contributed by atoms with Gasteiger partial charge in [0, 0.05) is 13.6 Å². The number of nitrogens with one attached hydrogen (secondary N) is 1. The van der Waals surface area contributed by atoms with Crippen molar-refractivity contribution in [2.24, 2.45) is 18.5 Å². The first-order valence-corrected chi connectivity index (χ1v) is 4.19. The summed E-state index contributed by atoms with van der Waals surface area (Å²) in [4.78, 5) is 14.6. The average Bonchev–Trinajstić information content (AvgIpc) is 2.51. The van der Waals surface area contributed by atoms with Crippen LogP contribution in [-0.2, 0) is 18.4 Å². The van der Waals surface area contributed by atoms with Crippen LogP contribution < -0.4 is 16.8 Å². The van der Waals surface area contributed by atoms with Gasteiger partial charge in [0.1, 0.15) is 6.33 Å². The van der Waals surface area contributed by atoms with Gasteiger partial charge in [0.15, 0.2) is 5.82 Å². The SMILES string of the molecule is Cn1cnc(CNCC(N)C(N)=O)n1. The summed E-state index contributed by atoms with van der Waals surface area (Å²) in [6.07, 6.45) is 1.60. The molecule has 0 radical (unpaired) electrons. The molecule has 5 N–H and O–H groups in total. The molecule has 1 rings (SSSR count). The molecule has 0 bridgehead atoms. The molecule has 1 aromatic rings. The molecule has 0 aliphatic heterocycles. The number of hydrogen-bond donors (Lipinski definition) is 3. The van der Waals surface area contributed by atoms with Crippen LogP contribution in [0.25, 0.3) is 0 Å². The molecule has 14 heavy (non-hydrogen) atoms. The van der Waals surface area contributed by atoms with Gasteiger partial charge in [-0.25, -0.2) is 4.98 Å². The van der Waals surface area contributed by atoms with Crippen molar-refractivity contribution in [1.29, 1.82) is 0 Å². The fourth-order valence-corrected chi connectivity index (χ4v) is 0.905. The van der Waals surface area contributed by atoms with Gasteiger partial charge < -0.3 is 16.8 Å². The predicted molar refractivity (Wildman–Crippen MR) is 49.9 cm³/mol. The standard InChI is InChI=1S/C7H14N6O/c1-13-4-11-6(12-13)3-10-2-5(8)7(9)14/h4-5,10H,2-3,8H2,1H3,(H2,9,14). The molecular weight excluding hydrogens is 184 g/mol. The van der Waals surface area contributed by atoms with E-state index in [4.69, 9.17) is 11.5 Å². The first kappa shape index (κ1) is 10.6. The van der Waals surface area contributed by atoms with E-state index in [2.05, 4.69) is 15.4 Å². The molecule has 0 aromatic carbocycles. The maximum Gasteiger partial charge on any atom is 0.235 e. The minimum atomic E-state index is -0.668. The van der Waals surface area contributed by atoms with E-state index in [0.717, 1.165) is 0 Å². The maximum absolute atomic E-state index is 10.6. The summed E-state index contributed by atoms with van der Waals surface area (Å²) < 4.78 is 1.60. The van der Waals surface area contributed by atoms with Gasteiger partial charge in [0.25, 0.3) is 0 Å². The quantitative estimate of drug-likeness (QED) is 0.493. The van der Waals surface area contributed by atoms with Crippen molar-refractivity contribution in [3.05, 3.63) is 12.2 Å². The van der Waals surface area contributed by atoms with Gasteiger partial charge in [-0.15, -0.1) is 0 Å². The Morgan fingerprint density at radius 3 is 3.00 bits per heavy atom. The van der Waals surface area contributed by atoms with Crippen molar-refractivity contribution >= 4 is 5.91 Å². The third kappa shape index (κ3) is 3.11. The second-order valence-corrected chi connectivity index (χ2v) is 2.97. The molecule has 78 valence electrons. The van der Waals surface area contributed by atoms with Crippen LogP contribution in [0.5, 0.6) is 0 Å². The monoisotopic (exact) mass is 198 g/mol. The number of primary amides is 1. The van der Waals surface area contributed by atoms with Gasteiger partial charge in [-0.3, -0.25) is 9.48 Å². The lowest BCUT2D eigenvalue weighted by Gasteiger charge is -2.06. The van der Waals surface area contributed by atoms with Crippen molar-refractivity contribution in [2.45, 2.75) is 12.6 Å². The Balaban J connectivity index is 2.25. The lowest BCUT2D eigenvalue weighted by Crippen LogP contribution is -2.44. The number of carbonyl (C=O) groups is 1. The molecule has 1 amide bonds. The number of hydrogen-bond acceptors (Lipinski definition) is 5. The molecule has 0 saturated heterocycles. The van der Waals surface area contributed by atoms with Gasteiger partial charge in [-0.2, -0.15) is 5.10 Å². The first-order valence-electron chi connectivity index (χ1n) is 4.19. The van der Waals surface area contributed by atoms with Crippen LogP contribution in [0.4, 0.5) is 0 Å². The van der Waals surface area contributed by atoms with Crippen LogP contribution >= 0.6 is 0 Å². The fourth-order valence-electron chi connectivity index (χ4n) is 0.905. The Bertz CT molecular complexity index is 309. The predicted octanol–water partition coefficient (Wildman–Crippen LogP) is -2.28. The van der Waals surface area contributed by atoms with Crippen molar-refractivity contribution in [3.63, 3.8) is 0 Å². The number of nitrogens with two attached hydrogens (primary N) is 2. The van der Waals surface area contributed by atoms with Crippen LogP contribution in [0.1, 0.15) is 5.82 Å². The van der Waals surface area contributed by atoms with Crippen LogP contribution in [0.15, 0.2) is 6.33 Å². The summed E-state index contributed by atoms with van der Waals surface area (Å²) in [5.74, 6) is 0.135. The van der Waals surface area contributed by atoms with E-state index >= 15 is 0 Å². The van der Waals surface area contributed by atoms with E-state index in [-0.39, 0.29) is 0 Å². The molecule has 0 spiro atoms. The summed E-state index contributed by atoms with van der Waals surface area (Å²) in [5, 5.41) is 6.97. The molecular formula is C7H14N6O. The highest BCUT2D eigenvalue weighted by Gasteiger charge is 2.08. The van der Waals surface area contributed by atoms with Gasteiger partial charge in [-0.1, -0.05) is 0 Å². The lowest BCUT2D eigenvalue weighted by molar-refractivity contribution is -0.119. The fraction of sp³-hybridized carbons (Fsp3) is 0.571. The smallest absolute Gasteiger partial charge is 0.235 e. The molecule has 1 atom stereocenters. The normalized spacial score (nSPS) is 12.7. The van der Waals surface area contributed by atoms with Gasteiger partial charge in [0.2, 0.25) is 5.91 Å². The summed E-state index contributed by atoms with van der Waals surface area (Å²) in [5.41, 5.74) is 10.4. The first-order chi connectivity index (χ1) is 6.59. The molecule has 7 heteroatoms. The van der Waals surface area contributed by atoms with E-state index in [1.165, 1.54) is 0 Å². The number of aromatic nitrogens is 3. The Morgan fingerprint density at radius 2 is 2.50 bits per heavy atom. The van der Waals surface area contributed by atoms with Crippen LogP contribution in [0.2, 0.25) is 0 Å². The number of nitrogens with zero attached hydrogens (tertiary/aromatic N) is 3. The Hall–Kier alpha value is -1.47. The zero-order valence-corrected chi connectivity index (χ0v) is 7.97. The molecule has 1 heterocycles. The van der Waals surface area contributed by atoms with Crippen molar-refractivity contribution in [1.82, 2.24) is 20.1 Å². The molecule has 1 unspecified atom stereocenters. The molecule has 0 fully saturated rings. The number of carbonyl (C=O) groups excluding carboxylic acids is 1. The highest BCUT2D eigenvalue weighted by Crippen LogP contribution is 1.86. The number of amides is 1. The van der Waals surface area contributed by atoms with Crippen LogP contribution in [0.3, 0.4) is 0 Å². The summed E-state index contributed by atoms with van der Waals surface area (Å²) in [7, 11) is 1.78.